The van der Waals surface area contributed by atoms with Crippen molar-refractivity contribution in [2.45, 2.75) is 38.8 Å². The van der Waals surface area contributed by atoms with Gasteiger partial charge in [-0.25, -0.2) is 0 Å². The number of piperazine rings is 1. The Labute approximate surface area is 91.3 Å². The lowest BCUT2D eigenvalue weighted by molar-refractivity contribution is -0.281. The topological polar surface area (TPSA) is 122 Å². The van der Waals surface area contributed by atoms with E-state index in [1.807, 2.05) is 0 Å². The third-order valence-electron chi connectivity index (χ3n) is 2.40. The Morgan fingerprint density at radius 3 is 1.06 bits per heavy atom. The van der Waals surface area contributed by atoms with Crippen molar-refractivity contribution in [3.05, 3.63) is 0 Å². The highest BCUT2D eigenvalue weighted by Gasteiger charge is 2.47. The Morgan fingerprint density at radius 1 is 0.750 bits per heavy atom. The van der Waals surface area contributed by atoms with Crippen molar-refractivity contribution in [1.82, 2.24) is 9.80 Å². The number of aliphatic hydroxyl groups is 4. The summed E-state index contributed by atoms with van der Waals surface area (Å²) < 4.78 is 0. The van der Waals surface area contributed by atoms with Gasteiger partial charge in [0, 0.05) is 13.8 Å². The van der Waals surface area contributed by atoms with E-state index in [9.17, 15) is 30.0 Å². The summed E-state index contributed by atoms with van der Waals surface area (Å²) in [5.74, 6) is -1.47. The summed E-state index contributed by atoms with van der Waals surface area (Å²) in [6.07, 6.45) is -7.11. The van der Waals surface area contributed by atoms with Crippen LogP contribution in [0.4, 0.5) is 0 Å². The van der Waals surface area contributed by atoms with Crippen LogP contribution in [-0.4, -0.2) is 67.0 Å². The zero-order chi connectivity index (χ0) is 12.6. The average molecular weight is 234 g/mol. The van der Waals surface area contributed by atoms with Crippen molar-refractivity contribution in [2.75, 3.05) is 0 Å². The van der Waals surface area contributed by atoms with Crippen molar-refractivity contribution < 1.29 is 30.0 Å². The number of hydrogen-bond donors (Lipinski definition) is 4. The fourth-order valence-electron chi connectivity index (χ4n) is 1.63. The number of carbonyl (C=O) groups is 2. The van der Waals surface area contributed by atoms with Gasteiger partial charge < -0.3 is 20.4 Å². The monoisotopic (exact) mass is 234 g/mol. The van der Waals surface area contributed by atoms with Crippen LogP contribution in [-0.2, 0) is 9.59 Å². The molecule has 0 spiro atoms. The van der Waals surface area contributed by atoms with Gasteiger partial charge in [-0.2, -0.15) is 0 Å². The van der Waals surface area contributed by atoms with Crippen molar-refractivity contribution in [2.24, 2.45) is 0 Å². The summed E-state index contributed by atoms with van der Waals surface area (Å²) in [4.78, 5) is 23.1. The standard InChI is InChI=1S/C8H14N2O6/c1-3(11)9-5(13)7(15)10(4(2)12)8(16)6(9)14/h5-8,13-16H,1-2H3/t5-,6-,7+,8+. The highest BCUT2D eigenvalue weighted by atomic mass is 16.4. The van der Waals surface area contributed by atoms with Crippen LogP contribution in [0.5, 0.6) is 0 Å². The van der Waals surface area contributed by atoms with Crippen LogP contribution in [0, 0.1) is 0 Å². The molecule has 16 heavy (non-hydrogen) atoms. The second-order valence-electron chi connectivity index (χ2n) is 3.51. The van der Waals surface area contributed by atoms with Gasteiger partial charge in [-0.1, -0.05) is 0 Å². The first-order chi connectivity index (χ1) is 7.29. The second kappa shape index (κ2) is 4.34. The first kappa shape index (κ1) is 12.8. The number of carbonyl (C=O) groups excluding carboxylic acids is 2. The molecule has 0 aromatic heterocycles. The van der Waals surface area contributed by atoms with Crippen molar-refractivity contribution >= 4 is 11.8 Å². The molecule has 0 aliphatic carbocycles. The Balaban J connectivity index is 3.03. The van der Waals surface area contributed by atoms with Gasteiger partial charge in [0.15, 0.2) is 24.9 Å². The highest BCUT2D eigenvalue weighted by Crippen LogP contribution is 2.22. The van der Waals surface area contributed by atoms with Gasteiger partial charge >= 0.3 is 0 Å². The number of hydrogen-bond acceptors (Lipinski definition) is 6. The zero-order valence-electron chi connectivity index (χ0n) is 8.81. The van der Waals surface area contributed by atoms with Crippen molar-refractivity contribution in [1.29, 1.82) is 0 Å². The maximum Gasteiger partial charge on any atom is 0.223 e. The lowest BCUT2D eigenvalue weighted by atomic mass is 10.2. The molecule has 0 aromatic carbocycles. The SMILES string of the molecule is CC(=O)N1[C@H](O)[C@H](O)N(C(C)=O)[C@@H](O)[C@H]1O. The summed E-state index contributed by atoms with van der Waals surface area (Å²) in [5.41, 5.74) is 0. The summed E-state index contributed by atoms with van der Waals surface area (Å²) in [6, 6.07) is 0. The third-order valence-corrected chi connectivity index (χ3v) is 2.40. The Bertz CT molecular complexity index is 263. The molecule has 4 atom stereocenters. The molecule has 1 fully saturated rings. The minimum atomic E-state index is -1.78. The smallest absolute Gasteiger partial charge is 0.223 e. The molecule has 0 radical (unpaired) electrons. The van der Waals surface area contributed by atoms with E-state index in [0.29, 0.717) is 9.80 Å². The number of aliphatic hydroxyl groups excluding tert-OH is 4. The third kappa shape index (κ3) is 1.87. The molecule has 1 rings (SSSR count). The molecule has 8 heteroatoms. The molecule has 1 heterocycles. The summed E-state index contributed by atoms with van der Waals surface area (Å²) >= 11 is 0. The second-order valence-corrected chi connectivity index (χ2v) is 3.51. The zero-order valence-corrected chi connectivity index (χ0v) is 8.81. The summed E-state index contributed by atoms with van der Waals surface area (Å²) in [5, 5.41) is 38.0. The van der Waals surface area contributed by atoms with Crippen molar-refractivity contribution in [3.63, 3.8) is 0 Å². The lowest BCUT2D eigenvalue weighted by Crippen LogP contribution is -2.70. The van der Waals surface area contributed by atoms with E-state index in [0.717, 1.165) is 13.8 Å². The minimum Gasteiger partial charge on any atom is -0.369 e. The van der Waals surface area contributed by atoms with Crippen LogP contribution in [0.25, 0.3) is 0 Å². The normalized spacial score (nSPS) is 35.1. The maximum absolute atomic E-state index is 11.1. The van der Waals surface area contributed by atoms with Crippen molar-refractivity contribution in [3.8, 4) is 0 Å². The van der Waals surface area contributed by atoms with E-state index >= 15 is 0 Å². The fraction of sp³-hybridized carbons (Fsp3) is 0.750. The summed E-state index contributed by atoms with van der Waals surface area (Å²) in [7, 11) is 0. The predicted octanol–water partition coefficient (Wildman–Crippen LogP) is -3.03. The van der Waals surface area contributed by atoms with E-state index in [4.69, 9.17) is 0 Å². The van der Waals surface area contributed by atoms with E-state index in [1.54, 1.807) is 0 Å². The molecule has 8 nitrogen and oxygen atoms in total. The first-order valence-electron chi connectivity index (χ1n) is 4.59. The average Bonchev–Trinajstić information content (AvgIpc) is 2.14. The molecule has 0 aromatic rings. The van der Waals surface area contributed by atoms with Gasteiger partial charge in [0.2, 0.25) is 11.8 Å². The van der Waals surface area contributed by atoms with Gasteiger partial charge in [-0.05, 0) is 0 Å². The maximum atomic E-state index is 11.1. The quantitative estimate of drug-likeness (QED) is 0.354. The number of nitrogens with zero attached hydrogens (tertiary/aromatic N) is 2. The van der Waals surface area contributed by atoms with Gasteiger partial charge in [-0.15, -0.1) is 0 Å². The largest absolute Gasteiger partial charge is 0.369 e. The first-order valence-corrected chi connectivity index (χ1v) is 4.59. The Kier molecular flexibility index (Phi) is 3.48. The molecule has 0 saturated carbocycles. The number of amides is 2. The van der Waals surface area contributed by atoms with Crippen LogP contribution in [0.15, 0.2) is 0 Å². The minimum absolute atomic E-state index is 0.495. The number of rotatable bonds is 0. The molecule has 1 saturated heterocycles. The molecule has 0 bridgehead atoms. The molecule has 1 aliphatic rings. The van der Waals surface area contributed by atoms with Crippen LogP contribution in [0.1, 0.15) is 13.8 Å². The molecule has 4 N–H and O–H groups in total. The molecular weight excluding hydrogens is 220 g/mol. The van der Waals surface area contributed by atoms with Gasteiger partial charge in [0.1, 0.15) is 0 Å². The van der Waals surface area contributed by atoms with E-state index < -0.39 is 36.7 Å². The lowest BCUT2D eigenvalue weighted by Gasteiger charge is -2.47. The molecule has 1 aliphatic heterocycles. The molecule has 0 unspecified atom stereocenters. The Hall–Kier alpha value is -1.22. The Morgan fingerprint density at radius 2 is 0.938 bits per heavy atom. The van der Waals surface area contributed by atoms with Crippen LogP contribution in [0.3, 0.4) is 0 Å². The van der Waals surface area contributed by atoms with Gasteiger partial charge in [0.25, 0.3) is 0 Å². The van der Waals surface area contributed by atoms with Crippen LogP contribution >= 0.6 is 0 Å². The van der Waals surface area contributed by atoms with Crippen LogP contribution < -0.4 is 0 Å². The molecule has 2 amide bonds. The van der Waals surface area contributed by atoms with Crippen LogP contribution in [0.2, 0.25) is 0 Å². The van der Waals surface area contributed by atoms with E-state index in [2.05, 4.69) is 0 Å². The highest BCUT2D eigenvalue weighted by molar-refractivity contribution is 5.76. The fourth-order valence-corrected chi connectivity index (χ4v) is 1.63. The summed E-state index contributed by atoms with van der Waals surface area (Å²) in [6.45, 7) is 2.10. The molecular formula is C8H14N2O6. The van der Waals surface area contributed by atoms with E-state index in [1.165, 1.54) is 0 Å². The van der Waals surface area contributed by atoms with Gasteiger partial charge in [0.05, 0.1) is 0 Å². The predicted molar refractivity (Wildman–Crippen MR) is 49.1 cm³/mol. The van der Waals surface area contributed by atoms with Gasteiger partial charge in [-0.3, -0.25) is 19.4 Å². The van der Waals surface area contributed by atoms with E-state index in [-0.39, 0.29) is 0 Å². The molecule has 92 valence electrons.